The number of nitrogens with zero attached hydrogens (tertiary/aromatic N) is 3. The molecule has 3 rings (SSSR count). The summed E-state index contributed by atoms with van der Waals surface area (Å²) in [5.74, 6) is 1.45. The third-order valence-electron chi connectivity index (χ3n) is 3.94. The molecular formula is C22H23N3O3. The van der Waals surface area contributed by atoms with Crippen molar-refractivity contribution in [2.24, 2.45) is 0 Å². The van der Waals surface area contributed by atoms with Gasteiger partial charge in [-0.3, -0.25) is 4.79 Å². The van der Waals surface area contributed by atoms with Crippen LogP contribution in [0, 0.1) is 0 Å². The minimum atomic E-state index is -0.143. The number of rotatable bonds is 8. The number of carbonyl (C=O) groups excluding carboxylic acids is 1. The normalized spacial score (nSPS) is 10.7. The monoisotopic (exact) mass is 377 g/mol. The van der Waals surface area contributed by atoms with Gasteiger partial charge in [-0.05, 0) is 38.1 Å². The van der Waals surface area contributed by atoms with Crippen LogP contribution in [0.4, 0.5) is 0 Å². The fourth-order valence-corrected chi connectivity index (χ4v) is 2.69. The van der Waals surface area contributed by atoms with Crippen molar-refractivity contribution in [3.63, 3.8) is 0 Å². The Kier molecular flexibility index (Phi) is 6.22. The maximum absolute atomic E-state index is 12.9. The van der Waals surface area contributed by atoms with Crippen molar-refractivity contribution in [2.75, 3.05) is 6.54 Å². The fourth-order valence-electron chi connectivity index (χ4n) is 2.69. The standard InChI is InChI=1S/C22H23N3O3/c1-4-14-25(22(26)18-10-12-19(13-11-18)27-16(2)3)15-20-23-21(24-28-20)17-8-6-5-7-9-17/h4-13,16H,1,14-15H2,2-3H3. The second kappa shape index (κ2) is 8.99. The molecule has 0 aliphatic rings. The van der Waals surface area contributed by atoms with Crippen molar-refractivity contribution >= 4 is 5.91 Å². The van der Waals surface area contributed by atoms with Gasteiger partial charge in [0.15, 0.2) is 0 Å². The molecule has 0 aliphatic heterocycles. The summed E-state index contributed by atoms with van der Waals surface area (Å²) in [6.07, 6.45) is 1.75. The smallest absolute Gasteiger partial charge is 0.254 e. The first-order valence-corrected chi connectivity index (χ1v) is 9.11. The van der Waals surface area contributed by atoms with Crippen molar-refractivity contribution < 1.29 is 14.1 Å². The lowest BCUT2D eigenvalue weighted by atomic mass is 10.2. The van der Waals surface area contributed by atoms with E-state index in [1.807, 2.05) is 44.2 Å². The molecule has 28 heavy (non-hydrogen) atoms. The van der Waals surface area contributed by atoms with Gasteiger partial charge < -0.3 is 14.2 Å². The molecule has 0 N–H and O–H groups in total. The maximum atomic E-state index is 12.9. The molecule has 1 heterocycles. The third kappa shape index (κ3) is 4.85. The van der Waals surface area contributed by atoms with Gasteiger partial charge in [0.2, 0.25) is 11.7 Å². The number of ether oxygens (including phenoxy) is 1. The highest BCUT2D eigenvalue weighted by Gasteiger charge is 2.19. The molecular weight excluding hydrogens is 354 g/mol. The molecule has 0 saturated heterocycles. The van der Waals surface area contributed by atoms with Gasteiger partial charge in [-0.1, -0.05) is 41.6 Å². The van der Waals surface area contributed by atoms with E-state index < -0.39 is 0 Å². The fraction of sp³-hybridized carbons (Fsp3) is 0.227. The van der Waals surface area contributed by atoms with Gasteiger partial charge in [-0.2, -0.15) is 4.98 Å². The zero-order valence-corrected chi connectivity index (χ0v) is 16.0. The quantitative estimate of drug-likeness (QED) is 0.546. The maximum Gasteiger partial charge on any atom is 0.254 e. The van der Waals surface area contributed by atoms with Crippen molar-refractivity contribution in [2.45, 2.75) is 26.5 Å². The second-order valence-corrected chi connectivity index (χ2v) is 6.54. The highest BCUT2D eigenvalue weighted by atomic mass is 16.5. The first-order chi connectivity index (χ1) is 13.6. The van der Waals surface area contributed by atoms with Crippen LogP contribution in [0.3, 0.4) is 0 Å². The first kappa shape index (κ1) is 19.4. The third-order valence-corrected chi connectivity index (χ3v) is 3.94. The van der Waals surface area contributed by atoms with Crippen LogP contribution in [0.1, 0.15) is 30.1 Å². The summed E-state index contributed by atoms with van der Waals surface area (Å²) in [7, 11) is 0. The number of carbonyl (C=O) groups is 1. The molecule has 1 aromatic heterocycles. The van der Waals surface area contributed by atoms with Crippen LogP contribution in [0.2, 0.25) is 0 Å². The van der Waals surface area contributed by atoms with E-state index in [-0.39, 0.29) is 18.6 Å². The molecule has 6 heteroatoms. The average Bonchev–Trinajstić information content (AvgIpc) is 3.17. The van der Waals surface area contributed by atoms with Crippen LogP contribution in [0.25, 0.3) is 11.4 Å². The summed E-state index contributed by atoms with van der Waals surface area (Å²) in [6.45, 7) is 8.22. The van der Waals surface area contributed by atoms with Crippen LogP contribution in [-0.2, 0) is 6.54 Å². The van der Waals surface area contributed by atoms with E-state index in [0.717, 1.165) is 11.3 Å². The van der Waals surface area contributed by atoms with E-state index in [1.165, 1.54) is 0 Å². The van der Waals surface area contributed by atoms with Gasteiger partial charge in [0.05, 0.1) is 6.10 Å². The number of benzene rings is 2. The number of amides is 1. The minimum absolute atomic E-state index is 0.0788. The van der Waals surface area contributed by atoms with Crippen LogP contribution < -0.4 is 4.74 Å². The predicted molar refractivity (Wildman–Crippen MR) is 107 cm³/mol. The van der Waals surface area contributed by atoms with Crippen LogP contribution in [0.5, 0.6) is 5.75 Å². The lowest BCUT2D eigenvalue weighted by Crippen LogP contribution is -2.30. The summed E-state index contributed by atoms with van der Waals surface area (Å²) in [5.41, 5.74) is 1.42. The molecule has 0 saturated carbocycles. The lowest BCUT2D eigenvalue weighted by molar-refractivity contribution is 0.0745. The molecule has 0 fully saturated rings. The zero-order chi connectivity index (χ0) is 19.9. The number of hydrogen-bond donors (Lipinski definition) is 0. The van der Waals surface area contributed by atoms with Gasteiger partial charge in [0, 0.05) is 17.7 Å². The van der Waals surface area contributed by atoms with E-state index in [1.54, 1.807) is 35.2 Å². The Hall–Kier alpha value is -3.41. The van der Waals surface area contributed by atoms with E-state index >= 15 is 0 Å². The van der Waals surface area contributed by atoms with E-state index in [2.05, 4.69) is 16.7 Å². The highest BCUT2D eigenvalue weighted by molar-refractivity contribution is 5.94. The average molecular weight is 377 g/mol. The Bertz CT molecular complexity index is 918. The summed E-state index contributed by atoms with van der Waals surface area (Å²) in [4.78, 5) is 18.9. The van der Waals surface area contributed by atoms with Gasteiger partial charge in [-0.25, -0.2) is 0 Å². The van der Waals surface area contributed by atoms with Crippen LogP contribution >= 0.6 is 0 Å². The van der Waals surface area contributed by atoms with Gasteiger partial charge in [-0.15, -0.1) is 6.58 Å². The molecule has 0 aliphatic carbocycles. The minimum Gasteiger partial charge on any atom is -0.491 e. The van der Waals surface area contributed by atoms with E-state index in [4.69, 9.17) is 9.26 Å². The second-order valence-electron chi connectivity index (χ2n) is 6.54. The van der Waals surface area contributed by atoms with Gasteiger partial charge >= 0.3 is 0 Å². The Morgan fingerprint density at radius 3 is 2.54 bits per heavy atom. The van der Waals surface area contributed by atoms with Gasteiger partial charge in [0.25, 0.3) is 5.91 Å². The molecule has 2 aromatic carbocycles. The predicted octanol–water partition coefficient (Wildman–Crippen LogP) is 4.35. The Morgan fingerprint density at radius 2 is 1.89 bits per heavy atom. The SMILES string of the molecule is C=CCN(Cc1nc(-c2ccccc2)no1)C(=O)c1ccc(OC(C)C)cc1. The molecule has 0 unspecified atom stereocenters. The molecule has 0 atom stereocenters. The lowest BCUT2D eigenvalue weighted by Gasteiger charge is -2.19. The topological polar surface area (TPSA) is 68.5 Å². The Morgan fingerprint density at radius 1 is 1.18 bits per heavy atom. The molecule has 0 bridgehead atoms. The summed E-state index contributed by atoms with van der Waals surface area (Å²) >= 11 is 0. The number of hydrogen-bond acceptors (Lipinski definition) is 5. The van der Waals surface area contributed by atoms with E-state index in [0.29, 0.717) is 23.8 Å². The molecule has 0 radical (unpaired) electrons. The zero-order valence-electron chi connectivity index (χ0n) is 16.0. The Balaban J connectivity index is 1.73. The van der Waals surface area contributed by atoms with Crippen LogP contribution in [0.15, 0.2) is 71.8 Å². The largest absolute Gasteiger partial charge is 0.491 e. The van der Waals surface area contributed by atoms with E-state index in [9.17, 15) is 4.79 Å². The number of aromatic nitrogens is 2. The molecule has 144 valence electrons. The van der Waals surface area contributed by atoms with Crippen molar-refractivity contribution in [1.29, 1.82) is 0 Å². The molecule has 6 nitrogen and oxygen atoms in total. The Labute approximate surface area is 164 Å². The van der Waals surface area contributed by atoms with Crippen molar-refractivity contribution in [3.05, 3.63) is 78.7 Å². The first-order valence-electron chi connectivity index (χ1n) is 9.11. The van der Waals surface area contributed by atoms with Gasteiger partial charge in [0.1, 0.15) is 12.3 Å². The highest BCUT2D eigenvalue weighted by Crippen LogP contribution is 2.18. The van der Waals surface area contributed by atoms with Crippen molar-refractivity contribution in [1.82, 2.24) is 15.0 Å². The summed E-state index contributed by atoms with van der Waals surface area (Å²) in [5, 5.41) is 4.00. The summed E-state index contributed by atoms with van der Waals surface area (Å²) in [6, 6.07) is 16.6. The van der Waals surface area contributed by atoms with Crippen molar-refractivity contribution in [3.8, 4) is 17.1 Å². The summed E-state index contributed by atoms with van der Waals surface area (Å²) < 4.78 is 11.0. The molecule has 3 aromatic rings. The molecule has 0 spiro atoms. The molecule has 1 amide bonds. The van der Waals surface area contributed by atoms with Crippen LogP contribution in [-0.4, -0.2) is 33.6 Å².